The molecule has 3 heteroatoms. The summed E-state index contributed by atoms with van der Waals surface area (Å²) in [6, 6.07) is 0.338. The van der Waals surface area contributed by atoms with Gasteiger partial charge in [-0.05, 0) is 38.1 Å². The van der Waals surface area contributed by atoms with Gasteiger partial charge >= 0.3 is 5.97 Å². The molecule has 1 saturated heterocycles. The number of nitrogens with zero attached hydrogens (tertiary/aromatic N) is 1. The van der Waals surface area contributed by atoms with E-state index in [1.165, 1.54) is 52.3 Å². The first-order chi connectivity index (χ1) is 8.20. The summed E-state index contributed by atoms with van der Waals surface area (Å²) in [6.45, 7) is 4.52. The van der Waals surface area contributed by atoms with Gasteiger partial charge in [-0.25, -0.2) is 0 Å². The lowest BCUT2D eigenvalue weighted by molar-refractivity contribution is -0.142. The zero-order valence-corrected chi connectivity index (χ0v) is 11.2. The molecule has 1 aliphatic heterocycles. The number of piperidine rings is 1. The van der Waals surface area contributed by atoms with Gasteiger partial charge < -0.3 is 4.74 Å². The molecule has 2 rings (SSSR count). The van der Waals surface area contributed by atoms with Crippen molar-refractivity contribution in [3.63, 3.8) is 0 Å². The van der Waals surface area contributed by atoms with Crippen LogP contribution >= 0.6 is 0 Å². The van der Waals surface area contributed by atoms with Gasteiger partial charge in [-0.2, -0.15) is 0 Å². The van der Waals surface area contributed by atoms with Crippen LogP contribution in [0, 0.1) is 11.8 Å². The summed E-state index contributed by atoms with van der Waals surface area (Å²) >= 11 is 0. The summed E-state index contributed by atoms with van der Waals surface area (Å²) in [5, 5.41) is 0. The number of rotatable bonds is 3. The van der Waals surface area contributed by atoms with Gasteiger partial charge in [0.2, 0.25) is 0 Å². The van der Waals surface area contributed by atoms with E-state index in [4.69, 9.17) is 4.74 Å². The Labute approximate surface area is 105 Å². The van der Waals surface area contributed by atoms with E-state index in [0.29, 0.717) is 12.5 Å². The Morgan fingerprint density at radius 1 is 1.29 bits per heavy atom. The molecule has 0 aromatic heterocycles. The van der Waals surface area contributed by atoms with Crippen LogP contribution in [0.25, 0.3) is 0 Å². The summed E-state index contributed by atoms with van der Waals surface area (Å²) in [5.74, 6) is 1.77. The largest absolute Gasteiger partial charge is 0.469 e. The van der Waals surface area contributed by atoms with Crippen LogP contribution in [-0.4, -0.2) is 37.1 Å². The van der Waals surface area contributed by atoms with Gasteiger partial charge in [0.1, 0.15) is 0 Å². The van der Waals surface area contributed by atoms with Crippen LogP contribution in [0.5, 0.6) is 0 Å². The Morgan fingerprint density at radius 2 is 2.00 bits per heavy atom. The normalized spacial score (nSPS) is 31.6. The highest BCUT2D eigenvalue weighted by atomic mass is 16.5. The third-order valence-electron chi connectivity index (χ3n) is 4.64. The molecule has 2 fully saturated rings. The number of carbonyl (C=O) groups is 1. The number of methoxy groups -OCH3 is 1. The van der Waals surface area contributed by atoms with Crippen LogP contribution < -0.4 is 0 Å². The van der Waals surface area contributed by atoms with Crippen LogP contribution in [-0.2, 0) is 9.53 Å². The lowest BCUT2D eigenvalue weighted by atomic mass is 9.75. The fourth-order valence-electron chi connectivity index (χ4n) is 3.48. The average molecular weight is 239 g/mol. The maximum atomic E-state index is 11.3. The molecule has 0 aromatic rings. The SMILES string of the molecule is COC(=O)CC(C)N1CCC2CCCCC2C1. The smallest absolute Gasteiger partial charge is 0.307 e. The fraction of sp³-hybridized carbons (Fsp3) is 0.929. The molecule has 3 atom stereocenters. The zero-order chi connectivity index (χ0) is 12.3. The zero-order valence-electron chi connectivity index (χ0n) is 11.2. The third kappa shape index (κ3) is 3.21. The van der Waals surface area contributed by atoms with Gasteiger partial charge in [0.15, 0.2) is 0 Å². The third-order valence-corrected chi connectivity index (χ3v) is 4.64. The highest BCUT2D eigenvalue weighted by Crippen LogP contribution is 2.36. The van der Waals surface area contributed by atoms with Crippen LogP contribution in [0.3, 0.4) is 0 Å². The first-order valence-corrected chi connectivity index (χ1v) is 7.01. The molecule has 98 valence electrons. The number of esters is 1. The molecule has 0 bridgehead atoms. The molecule has 0 amide bonds. The Bertz CT molecular complexity index is 267. The van der Waals surface area contributed by atoms with Gasteiger partial charge in [0, 0.05) is 12.6 Å². The van der Waals surface area contributed by atoms with E-state index in [2.05, 4.69) is 11.8 Å². The van der Waals surface area contributed by atoms with Crippen molar-refractivity contribution in [2.75, 3.05) is 20.2 Å². The van der Waals surface area contributed by atoms with Gasteiger partial charge in [-0.3, -0.25) is 9.69 Å². The molecule has 2 aliphatic rings. The van der Waals surface area contributed by atoms with E-state index in [0.717, 1.165) is 11.8 Å². The van der Waals surface area contributed by atoms with Crippen LogP contribution in [0.4, 0.5) is 0 Å². The second-order valence-corrected chi connectivity index (χ2v) is 5.72. The number of ether oxygens (including phenoxy) is 1. The quantitative estimate of drug-likeness (QED) is 0.709. The fourth-order valence-corrected chi connectivity index (χ4v) is 3.48. The van der Waals surface area contributed by atoms with Gasteiger partial charge in [0.05, 0.1) is 13.5 Å². The van der Waals surface area contributed by atoms with E-state index in [-0.39, 0.29) is 5.97 Å². The van der Waals surface area contributed by atoms with Crippen molar-refractivity contribution in [1.29, 1.82) is 0 Å². The molecule has 0 radical (unpaired) electrons. The molecular formula is C14H25NO2. The van der Waals surface area contributed by atoms with Gasteiger partial charge in [-0.1, -0.05) is 19.3 Å². The molecule has 17 heavy (non-hydrogen) atoms. The lowest BCUT2D eigenvalue weighted by Gasteiger charge is -2.43. The molecule has 0 N–H and O–H groups in total. The minimum absolute atomic E-state index is 0.0803. The van der Waals surface area contributed by atoms with Crippen molar-refractivity contribution in [3.8, 4) is 0 Å². The summed E-state index contributed by atoms with van der Waals surface area (Å²) in [5.41, 5.74) is 0. The number of carbonyl (C=O) groups excluding carboxylic acids is 1. The van der Waals surface area contributed by atoms with E-state index in [9.17, 15) is 4.79 Å². The van der Waals surface area contributed by atoms with E-state index in [1.807, 2.05) is 0 Å². The van der Waals surface area contributed by atoms with Crippen molar-refractivity contribution in [3.05, 3.63) is 0 Å². The minimum Gasteiger partial charge on any atom is -0.469 e. The predicted octanol–water partition coefficient (Wildman–Crippen LogP) is 2.45. The molecule has 1 saturated carbocycles. The summed E-state index contributed by atoms with van der Waals surface area (Å²) in [6.07, 6.45) is 7.53. The predicted molar refractivity (Wildman–Crippen MR) is 67.7 cm³/mol. The van der Waals surface area contributed by atoms with Crippen molar-refractivity contribution >= 4 is 5.97 Å². The van der Waals surface area contributed by atoms with Crippen molar-refractivity contribution in [1.82, 2.24) is 4.90 Å². The first kappa shape index (κ1) is 12.9. The molecule has 3 nitrogen and oxygen atoms in total. The molecular weight excluding hydrogens is 214 g/mol. The molecule has 0 spiro atoms. The second-order valence-electron chi connectivity index (χ2n) is 5.72. The van der Waals surface area contributed by atoms with Crippen LogP contribution in [0.2, 0.25) is 0 Å². The van der Waals surface area contributed by atoms with E-state index >= 15 is 0 Å². The van der Waals surface area contributed by atoms with Crippen molar-refractivity contribution in [2.45, 2.75) is 51.5 Å². The number of likely N-dealkylation sites (tertiary alicyclic amines) is 1. The topological polar surface area (TPSA) is 29.5 Å². The Morgan fingerprint density at radius 3 is 2.71 bits per heavy atom. The Hall–Kier alpha value is -0.570. The number of hydrogen-bond donors (Lipinski definition) is 0. The molecule has 3 unspecified atom stereocenters. The first-order valence-electron chi connectivity index (χ1n) is 7.01. The van der Waals surface area contributed by atoms with E-state index < -0.39 is 0 Å². The Balaban J connectivity index is 1.84. The Kier molecular flexibility index (Phi) is 4.43. The lowest BCUT2D eigenvalue weighted by Crippen LogP contribution is -2.46. The van der Waals surface area contributed by atoms with Gasteiger partial charge in [-0.15, -0.1) is 0 Å². The van der Waals surface area contributed by atoms with E-state index in [1.54, 1.807) is 0 Å². The molecule has 1 aliphatic carbocycles. The number of hydrogen-bond acceptors (Lipinski definition) is 3. The highest BCUT2D eigenvalue weighted by Gasteiger charge is 2.33. The summed E-state index contributed by atoms with van der Waals surface area (Å²) in [7, 11) is 1.47. The average Bonchev–Trinajstić information content (AvgIpc) is 2.38. The van der Waals surface area contributed by atoms with Crippen LogP contribution in [0.15, 0.2) is 0 Å². The summed E-state index contributed by atoms with van der Waals surface area (Å²) < 4.78 is 4.75. The van der Waals surface area contributed by atoms with Gasteiger partial charge in [0.25, 0.3) is 0 Å². The standard InChI is InChI=1S/C14H25NO2/c1-11(9-14(16)17-2)15-8-7-12-5-3-4-6-13(12)10-15/h11-13H,3-10H2,1-2H3. The highest BCUT2D eigenvalue weighted by molar-refractivity contribution is 5.69. The molecule has 0 aromatic carbocycles. The number of fused-ring (bicyclic) bond motifs is 1. The maximum absolute atomic E-state index is 11.3. The monoisotopic (exact) mass is 239 g/mol. The van der Waals surface area contributed by atoms with Crippen molar-refractivity contribution < 1.29 is 9.53 Å². The second kappa shape index (κ2) is 5.85. The summed E-state index contributed by atoms with van der Waals surface area (Å²) in [4.78, 5) is 13.8. The molecule has 1 heterocycles. The van der Waals surface area contributed by atoms with Crippen molar-refractivity contribution in [2.24, 2.45) is 11.8 Å². The minimum atomic E-state index is -0.0803. The maximum Gasteiger partial charge on any atom is 0.307 e. The van der Waals surface area contributed by atoms with Crippen LogP contribution in [0.1, 0.15) is 45.4 Å².